The Hall–Kier alpha value is -6.88. The zero-order valence-electron chi connectivity index (χ0n) is 34.4. The van der Waals surface area contributed by atoms with Crippen LogP contribution in [0, 0.1) is 12.3 Å². The van der Waals surface area contributed by atoms with Crippen molar-refractivity contribution in [3.05, 3.63) is 144 Å². The smallest absolute Gasteiger partial charge is 0.135 e. The maximum atomic E-state index is 7.32. The summed E-state index contributed by atoms with van der Waals surface area (Å²) in [7, 11) is 53.4. The molecule has 11 aromatic carbocycles. The Bertz CT molecular complexity index is 4180. The van der Waals surface area contributed by atoms with Crippen LogP contribution in [-0.4, -0.2) is 62.8 Å². The van der Waals surface area contributed by atoms with Crippen LogP contribution in [0.3, 0.4) is 0 Å². The molecule has 1 heterocycles. The Balaban J connectivity index is 1.16. The lowest BCUT2D eigenvalue weighted by Gasteiger charge is -2.21. The van der Waals surface area contributed by atoms with Crippen molar-refractivity contribution in [3.8, 4) is 34.6 Å². The fraction of sp³-hybridized carbons (Fsp3) is 0.0182. The van der Waals surface area contributed by atoms with Gasteiger partial charge in [-0.3, -0.25) is 0 Å². The van der Waals surface area contributed by atoms with E-state index in [0.29, 0.717) is 26.8 Å². The average molecular weight is 787 g/mol. The van der Waals surface area contributed by atoms with Crippen LogP contribution in [0.2, 0.25) is 0 Å². The minimum atomic E-state index is 0.00772. The molecule has 12 aromatic rings. The summed E-state index contributed by atoms with van der Waals surface area (Å²) < 4.78 is 6.42. The zero-order valence-corrected chi connectivity index (χ0v) is 34.4. The van der Waals surface area contributed by atoms with Crippen molar-refractivity contribution in [2.75, 3.05) is 0 Å². The maximum Gasteiger partial charge on any atom is 0.135 e. The third kappa shape index (κ3) is 5.32. The number of furan rings is 1. The van der Waals surface area contributed by atoms with Crippen LogP contribution >= 0.6 is 0 Å². The number of benzene rings is 11. The number of rotatable bonds is 4. The van der Waals surface area contributed by atoms with Gasteiger partial charge < -0.3 is 4.42 Å². The molecule has 9 heteroatoms. The Morgan fingerprint density at radius 3 is 1.50 bits per heavy atom. The monoisotopic (exact) mass is 788 g/mol. The highest BCUT2D eigenvalue weighted by Crippen LogP contribution is 2.44. The van der Waals surface area contributed by atoms with Crippen molar-refractivity contribution in [1.82, 2.24) is 0 Å². The fourth-order valence-electron chi connectivity index (χ4n) is 10.5. The first-order chi connectivity index (χ1) is 31.0. The van der Waals surface area contributed by atoms with E-state index in [4.69, 9.17) is 73.6 Å². The Kier molecular flexibility index (Phi) is 8.52. The second-order valence-electron chi connectivity index (χ2n) is 16.8. The van der Waals surface area contributed by atoms with Crippen LogP contribution in [0.1, 0.15) is 5.56 Å². The van der Waals surface area contributed by atoms with Crippen molar-refractivity contribution < 1.29 is 4.42 Å². The summed E-state index contributed by atoms with van der Waals surface area (Å²) in [6.45, 7) is 0. The van der Waals surface area contributed by atoms with E-state index < -0.39 is 0 Å². The Labute approximate surface area is 379 Å². The van der Waals surface area contributed by atoms with Gasteiger partial charge >= 0.3 is 0 Å². The van der Waals surface area contributed by atoms with Crippen molar-refractivity contribution in [1.29, 1.82) is 0 Å². The van der Waals surface area contributed by atoms with Gasteiger partial charge in [0.05, 0.1) is 0 Å². The molecule has 12 rings (SSSR count). The van der Waals surface area contributed by atoms with Crippen molar-refractivity contribution in [2.45, 2.75) is 6.42 Å². The third-order valence-electron chi connectivity index (χ3n) is 13.5. The van der Waals surface area contributed by atoms with E-state index in [1.54, 1.807) is 0 Å². The van der Waals surface area contributed by atoms with Crippen LogP contribution in [0.25, 0.3) is 120 Å². The van der Waals surface area contributed by atoms with Gasteiger partial charge in [-0.05, 0) is 127 Å². The number of fused-ring (bicyclic) bond motifs is 2. The predicted molar refractivity (Wildman–Crippen MR) is 281 cm³/mol. The lowest BCUT2D eigenvalue weighted by molar-refractivity contribution is 0.577. The third-order valence-corrected chi connectivity index (χ3v) is 13.5. The Morgan fingerprint density at radius 2 is 0.938 bits per heavy atom. The molecule has 16 radical (unpaired) electrons. The molecule has 0 N–H and O–H groups in total. The highest BCUT2D eigenvalue weighted by Gasteiger charge is 2.22. The minimum absolute atomic E-state index is 0.00772. The van der Waals surface area contributed by atoms with Crippen LogP contribution in [0.4, 0.5) is 0 Å². The average Bonchev–Trinajstić information content (AvgIpc) is 3.74. The van der Waals surface area contributed by atoms with Gasteiger partial charge in [-0.1, -0.05) is 144 Å². The van der Waals surface area contributed by atoms with Crippen molar-refractivity contribution in [2.24, 2.45) is 0 Å². The molecule has 0 spiro atoms. The van der Waals surface area contributed by atoms with Crippen LogP contribution in [-0.2, 0) is 6.42 Å². The highest BCUT2D eigenvalue weighted by molar-refractivity contribution is 6.71. The standard InChI is InChI=1S/C55H24B8O/c1-2-38(56)54-44(47-48(58)45-46(51(61)55(47)64-54)50(60)53(63)52(62)49(45)59)39(57)24-32-14-13-31(33-19-15-29-11-9-25-5-3-7-27-17-21-35(33)42(29)40(25)27)23-37(32)34-20-16-30-12-10-26-6-4-8-28-18-22-36(34)43(30)41(26)28/h1,3-23H,24H2/b44-39+,54-38-. The predicted octanol–water partition coefficient (Wildman–Crippen LogP) is 4.91. The minimum Gasteiger partial charge on any atom is -0.457 e. The first-order valence-corrected chi connectivity index (χ1v) is 20.9. The molecule has 64 heavy (non-hydrogen) atoms. The van der Waals surface area contributed by atoms with E-state index in [-0.39, 0.29) is 55.7 Å². The van der Waals surface area contributed by atoms with Crippen molar-refractivity contribution in [3.63, 3.8) is 0 Å². The van der Waals surface area contributed by atoms with Crippen molar-refractivity contribution >= 4 is 193 Å². The van der Waals surface area contributed by atoms with Gasteiger partial charge in [0.25, 0.3) is 0 Å². The molecule has 0 aliphatic rings. The first kappa shape index (κ1) is 38.8. The molecule has 1 aromatic heterocycles. The van der Waals surface area contributed by atoms with Gasteiger partial charge in [0.15, 0.2) is 0 Å². The molecule has 0 saturated carbocycles. The highest BCUT2D eigenvalue weighted by atomic mass is 16.3. The van der Waals surface area contributed by atoms with E-state index in [1.807, 2.05) is 0 Å². The second kappa shape index (κ2) is 14.1. The molecule has 1 nitrogen and oxygen atoms in total. The van der Waals surface area contributed by atoms with Crippen LogP contribution in [0.15, 0.2) is 132 Å². The molecule has 0 atom stereocenters. The fourth-order valence-corrected chi connectivity index (χ4v) is 10.5. The zero-order chi connectivity index (χ0) is 43.9. The van der Waals surface area contributed by atoms with E-state index in [2.05, 4.69) is 133 Å². The SMILES string of the molecule is [B]/C(Cc1ccc(-c2ccc3ccc4cccc5ccc2c3c45)cc1-c1ccc2ccc3cccc4ccc1c2c34)=c1/c(=C(/[B])C#C)oc2c([B])c3c([B])c([B])c([B])c([B])c3c([B])c12. The van der Waals surface area contributed by atoms with Crippen LogP contribution < -0.4 is 43.4 Å². The summed E-state index contributed by atoms with van der Waals surface area (Å²) in [5.74, 6) is 2.52. The summed E-state index contributed by atoms with van der Waals surface area (Å²) in [5, 5.41) is 15.9. The van der Waals surface area contributed by atoms with Gasteiger partial charge in [-0.25, -0.2) is 0 Å². The van der Waals surface area contributed by atoms with E-state index >= 15 is 0 Å². The van der Waals surface area contributed by atoms with Gasteiger partial charge in [0.2, 0.25) is 0 Å². The topological polar surface area (TPSA) is 13.1 Å². The van der Waals surface area contributed by atoms with E-state index in [1.165, 1.54) is 53.9 Å². The molecule has 0 fully saturated rings. The maximum absolute atomic E-state index is 7.32. The van der Waals surface area contributed by atoms with Gasteiger partial charge in [-0.2, -0.15) is 0 Å². The molecular weight excluding hydrogens is 763 g/mol. The number of terminal acetylenes is 1. The van der Waals surface area contributed by atoms with E-state index in [9.17, 15) is 0 Å². The van der Waals surface area contributed by atoms with Gasteiger partial charge in [0, 0.05) is 10.6 Å². The number of hydrogen-bond donors (Lipinski definition) is 0. The van der Waals surface area contributed by atoms with E-state index in [0.717, 1.165) is 38.6 Å². The molecule has 0 bridgehead atoms. The largest absolute Gasteiger partial charge is 0.457 e. The second-order valence-corrected chi connectivity index (χ2v) is 16.8. The molecule has 0 saturated heterocycles. The summed E-state index contributed by atoms with van der Waals surface area (Å²) in [4.78, 5) is 0. The molecule has 274 valence electrons. The number of hydrogen-bond acceptors (Lipinski definition) is 1. The summed E-state index contributed by atoms with van der Waals surface area (Å²) in [5.41, 5.74) is 6.73. The summed E-state index contributed by atoms with van der Waals surface area (Å²) >= 11 is 0. The van der Waals surface area contributed by atoms with Crippen LogP contribution in [0.5, 0.6) is 0 Å². The quantitative estimate of drug-likeness (QED) is 0.141. The summed E-state index contributed by atoms with van der Waals surface area (Å²) in [6.07, 6.45) is 6.17. The summed E-state index contributed by atoms with van der Waals surface area (Å²) in [6, 6.07) is 46.1. The normalized spacial score (nSPS) is 13.1. The van der Waals surface area contributed by atoms with Gasteiger partial charge in [-0.15, -0.1) is 22.8 Å². The lowest BCUT2D eigenvalue weighted by Crippen LogP contribution is -2.50. The Morgan fingerprint density at radius 1 is 0.453 bits per heavy atom. The lowest BCUT2D eigenvalue weighted by atomic mass is 9.61. The molecule has 0 unspecified atom stereocenters. The first-order valence-electron chi connectivity index (χ1n) is 20.9. The molecule has 0 amide bonds. The molecule has 0 aliphatic carbocycles. The molecule has 0 aliphatic heterocycles. The molecular formula is C55H24B8O. The van der Waals surface area contributed by atoms with Gasteiger partial charge in [0.1, 0.15) is 73.8 Å².